The van der Waals surface area contributed by atoms with Crippen molar-refractivity contribution in [1.82, 2.24) is 5.43 Å². The molecule has 23 heavy (non-hydrogen) atoms. The van der Waals surface area contributed by atoms with Crippen molar-refractivity contribution in [3.63, 3.8) is 0 Å². The molecule has 0 bridgehead atoms. The topological polar surface area (TPSA) is 100 Å². The lowest BCUT2D eigenvalue weighted by atomic mass is 10.2. The second-order valence-corrected chi connectivity index (χ2v) is 4.45. The van der Waals surface area contributed by atoms with Crippen LogP contribution in [0.4, 0.5) is 10.5 Å². The molecular formula is C16H15N3O4. The zero-order valence-corrected chi connectivity index (χ0v) is 12.3. The number of hydrogen-bond acceptors (Lipinski definition) is 5. The normalized spacial score (nSPS) is 10.3. The standard InChI is InChI=1S/C16H15N3O4/c1-23-16(22)18-12-8-6-11(7-9-12)10-17-19-15(21)13-4-2-3-5-14(13)20/h2-10,20H,1H3,(H,18,22)(H,19,21)/b17-10-. The van der Waals surface area contributed by atoms with E-state index in [4.69, 9.17) is 0 Å². The van der Waals surface area contributed by atoms with Gasteiger partial charge in [0.25, 0.3) is 5.91 Å². The second-order valence-electron chi connectivity index (χ2n) is 4.45. The maximum absolute atomic E-state index is 11.8. The Bertz CT molecular complexity index is 726. The molecule has 7 nitrogen and oxygen atoms in total. The molecule has 0 saturated carbocycles. The van der Waals surface area contributed by atoms with Crippen molar-refractivity contribution in [2.24, 2.45) is 5.10 Å². The summed E-state index contributed by atoms with van der Waals surface area (Å²) < 4.78 is 4.48. The first-order valence-corrected chi connectivity index (χ1v) is 6.66. The van der Waals surface area contributed by atoms with Crippen molar-refractivity contribution < 1.29 is 19.4 Å². The SMILES string of the molecule is COC(=O)Nc1ccc(/C=N\NC(=O)c2ccccc2O)cc1. The predicted octanol–water partition coefficient (Wildman–Crippen LogP) is 2.33. The molecule has 118 valence electrons. The first-order chi connectivity index (χ1) is 11.1. The predicted molar refractivity (Wildman–Crippen MR) is 85.6 cm³/mol. The minimum Gasteiger partial charge on any atom is -0.507 e. The number of amides is 2. The maximum atomic E-state index is 11.8. The van der Waals surface area contributed by atoms with E-state index in [1.807, 2.05) is 0 Å². The van der Waals surface area contributed by atoms with Crippen LogP contribution < -0.4 is 10.7 Å². The number of benzene rings is 2. The summed E-state index contributed by atoms with van der Waals surface area (Å²) >= 11 is 0. The van der Waals surface area contributed by atoms with E-state index in [9.17, 15) is 14.7 Å². The molecule has 0 aromatic heterocycles. The second kappa shape index (κ2) is 7.60. The Morgan fingerprint density at radius 2 is 1.83 bits per heavy atom. The molecule has 0 fully saturated rings. The molecule has 0 aliphatic carbocycles. The Kier molecular flexibility index (Phi) is 5.30. The van der Waals surface area contributed by atoms with Crippen LogP contribution in [0.3, 0.4) is 0 Å². The van der Waals surface area contributed by atoms with Crippen LogP contribution in [0.15, 0.2) is 53.6 Å². The van der Waals surface area contributed by atoms with E-state index in [0.717, 1.165) is 5.56 Å². The molecule has 2 rings (SSSR count). The number of hydrazone groups is 1. The summed E-state index contributed by atoms with van der Waals surface area (Å²) in [6.45, 7) is 0. The highest BCUT2D eigenvalue weighted by Gasteiger charge is 2.08. The average Bonchev–Trinajstić information content (AvgIpc) is 2.56. The molecule has 0 spiro atoms. The number of para-hydroxylation sites is 1. The third-order valence-electron chi connectivity index (χ3n) is 2.87. The first-order valence-electron chi connectivity index (χ1n) is 6.66. The number of carbonyl (C=O) groups excluding carboxylic acids is 2. The Morgan fingerprint density at radius 3 is 2.48 bits per heavy atom. The highest BCUT2D eigenvalue weighted by molar-refractivity contribution is 5.97. The highest BCUT2D eigenvalue weighted by Crippen LogP contribution is 2.15. The van der Waals surface area contributed by atoms with Gasteiger partial charge in [-0.1, -0.05) is 24.3 Å². The first kappa shape index (κ1) is 16.0. The van der Waals surface area contributed by atoms with Gasteiger partial charge in [-0.3, -0.25) is 10.1 Å². The third-order valence-corrected chi connectivity index (χ3v) is 2.87. The van der Waals surface area contributed by atoms with E-state index >= 15 is 0 Å². The summed E-state index contributed by atoms with van der Waals surface area (Å²) in [7, 11) is 1.28. The number of nitrogens with zero attached hydrogens (tertiary/aromatic N) is 1. The molecule has 0 saturated heterocycles. The minimum atomic E-state index is -0.554. The molecule has 3 N–H and O–H groups in total. The molecule has 0 aliphatic heterocycles. The summed E-state index contributed by atoms with van der Waals surface area (Å²) in [6.07, 6.45) is 0.890. The average molecular weight is 313 g/mol. The fourth-order valence-electron chi connectivity index (χ4n) is 1.71. The number of anilines is 1. The monoisotopic (exact) mass is 313 g/mol. The number of phenols is 1. The Labute approximate surface area is 132 Å². The summed E-state index contributed by atoms with van der Waals surface area (Å²) in [6, 6.07) is 12.9. The number of aromatic hydroxyl groups is 1. The lowest BCUT2D eigenvalue weighted by Crippen LogP contribution is -2.17. The minimum absolute atomic E-state index is 0.113. The van der Waals surface area contributed by atoms with Gasteiger partial charge in [0, 0.05) is 5.69 Å². The summed E-state index contributed by atoms with van der Waals surface area (Å²) in [5.41, 5.74) is 3.76. The number of methoxy groups -OCH3 is 1. The smallest absolute Gasteiger partial charge is 0.411 e. The van der Waals surface area contributed by atoms with Gasteiger partial charge in [-0.2, -0.15) is 5.10 Å². The van der Waals surface area contributed by atoms with Gasteiger partial charge in [0.05, 0.1) is 18.9 Å². The molecule has 0 heterocycles. The lowest BCUT2D eigenvalue weighted by molar-refractivity contribution is 0.0952. The van der Waals surface area contributed by atoms with Gasteiger partial charge in [-0.05, 0) is 29.8 Å². The molecular weight excluding hydrogens is 298 g/mol. The van der Waals surface area contributed by atoms with Crippen LogP contribution in [0.25, 0.3) is 0 Å². The van der Waals surface area contributed by atoms with Crippen LogP contribution in [0.5, 0.6) is 5.75 Å². The summed E-state index contributed by atoms with van der Waals surface area (Å²) in [5, 5.41) is 15.9. The Hall–Kier alpha value is -3.35. The van der Waals surface area contributed by atoms with Gasteiger partial charge in [0.2, 0.25) is 0 Å². The van der Waals surface area contributed by atoms with Crippen LogP contribution in [0.2, 0.25) is 0 Å². The fourth-order valence-corrected chi connectivity index (χ4v) is 1.71. The quantitative estimate of drug-likeness (QED) is 0.596. The molecule has 7 heteroatoms. The fraction of sp³-hybridized carbons (Fsp3) is 0.0625. The van der Waals surface area contributed by atoms with Crippen LogP contribution in [0.1, 0.15) is 15.9 Å². The number of hydrogen-bond donors (Lipinski definition) is 3. The van der Waals surface area contributed by atoms with Crippen LogP contribution >= 0.6 is 0 Å². The molecule has 2 amide bonds. The number of phenolic OH excluding ortho intramolecular Hbond substituents is 1. The van der Waals surface area contributed by atoms with E-state index in [1.165, 1.54) is 25.5 Å². The lowest BCUT2D eigenvalue weighted by Gasteiger charge is -2.03. The number of carbonyl (C=O) groups is 2. The van der Waals surface area contributed by atoms with Crippen molar-refractivity contribution in [1.29, 1.82) is 0 Å². The van der Waals surface area contributed by atoms with E-state index in [1.54, 1.807) is 36.4 Å². The molecule has 0 unspecified atom stereocenters. The molecule has 2 aromatic carbocycles. The van der Waals surface area contributed by atoms with Crippen molar-refractivity contribution in [2.75, 3.05) is 12.4 Å². The Balaban J connectivity index is 1.94. The van der Waals surface area contributed by atoms with Gasteiger partial charge in [0.15, 0.2) is 0 Å². The van der Waals surface area contributed by atoms with E-state index in [0.29, 0.717) is 5.69 Å². The maximum Gasteiger partial charge on any atom is 0.411 e. The number of rotatable bonds is 4. The molecule has 2 aromatic rings. The number of nitrogens with one attached hydrogen (secondary N) is 2. The summed E-state index contributed by atoms with van der Waals surface area (Å²) in [5.74, 6) is -0.623. The van der Waals surface area contributed by atoms with Gasteiger partial charge in [-0.25, -0.2) is 10.2 Å². The van der Waals surface area contributed by atoms with Crippen LogP contribution in [0, 0.1) is 0 Å². The zero-order valence-electron chi connectivity index (χ0n) is 12.3. The summed E-state index contributed by atoms with van der Waals surface area (Å²) in [4.78, 5) is 22.9. The van der Waals surface area contributed by atoms with Crippen LogP contribution in [-0.4, -0.2) is 30.4 Å². The molecule has 0 radical (unpaired) electrons. The van der Waals surface area contributed by atoms with E-state index in [2.05, 4.69) is 20.6 Å². The van der Waals surface area contributed by atoms with Gasteiger partial charge in [0.1, 0.15) is 5.75 Å². The highest BCUT2D eigenvalue weighted by atomic mass is 16.5. The van der Waals surface area contributed by atoms with E-state index < -0.39 is 12.0 Å². The van der Waals surface area contributed by atoms with Gasteiger partial charge < -0.3 is 9.84 Å². The van der Waals surface area contributed by atoms with Crippen molar-refractivity contribution in [3.8, 4) is 5.75 Å². The van der Waals surface area contributed by atoms with Gasteiger partial charge in [-0.15, -0.1) is 0 Å². The Morgan fingerprint density at radius 1 is 1.13 bits per heavy atom. The van der Waals surface area contributed by atoms with Crippen molar-refractivity contribution in [3.05, 3.63) is 59.7 Å². The molecule has 0 aliphatic rings. The van der Waals surface area contributed by atoms with Gasteiger partial charge >= 0.3 is 6.09 Å². The van der Waals surface area contributed by atoms with Crippen LogP contribution in [-0.2, 0) is 4.74 Å². The zero-order chi connectivity index (χ0) is 16.7. The van der Waals surface area contributed by atoms with E-state index in [-0.39, 0.29) is 11.3 Å². The van der Waals surface area contributed by atoms with Crippen molar-refractivity contribution in [2.45, 2.75) is 0 Å². The number of ether oxygens (including phenoxy) is 1. The molecule has 0 atom stereocenters. The van der Waals surface area contributed by atoms with Crippen molar-refractivity contribution >= 4 is 23.9 Å². The third kappa shape index (κ3) is 4.57. The largest absolute Gasteiger partial charge is 0.507 e.